The van der Waals surface area contributed by atoms with Crippen LogP contribution in [0.4, 0.5) is 0 Å². The molecule has 0 aliphatic carbocycles. The van der Waals surface area contributed by atoms with Crippen LogP contribution >= 0.6 is 0 Å². The normalized spacial score (nSPS) is 35.0. The van der Waals surface area contributed by atoms with Crippen LogP contribution in [0.3, 0.4) is 0 Å². The van der Waals surface area contributed by atoms with E-state index in [1.807, 2.05) is 0 Å². The van der Waals surface area contributed by atoms with Gasteiger partial charge in [0.1, 0.15) is 11.8 Å². The molecule has 0 spiro atoms. The Hall–Kier alpha value is -0.940. The van der Waals surface area contributed by atoms with Crippen molar-refractivity contribution in [3.63, 3.8) is 0 Å². The van der Waals surface area contributed by atoms with E-state index in [1.165, 1.54) is 6.92 Å². The van der Waals surface area contributed by atoms with Gasteiger partial charge in [-0.2, -0.15) is 0 Å². The van der Waals surface area contributed by atoms with Crippen LogP contribution in [0.25, 0.3) is 0 Å². The molecule has 12 heavy (non-hydrogen) atoms. The highest BCUT2D eigenvalue weighted by Crippen LogP contribution is 2.17. The van der Waals surface area contributed by atoms with Gasteiger partial charge in [0.2, 0.25) is 0 Å². The van der Waals surface area contributed by atoms with Crippen LogP contribution in [-0.4, -0.2) is 40.7 Å². The number of β-amino-alcohol motifs (C(OH)–C–C–N with tert-alkyl or cyclic N) is 1. The summed E-state index contributed by atoms with van der Waals surface area (Å²) in [4.78, 5) is 21.4. The predicted molar refractivity (Wildman–Crippen MR) is 39.6 cm³/mol. The summed E-state index contributed by atoms with van der Waals surface area (Å²) >= 11 is 0. The highest BCUT2D eigenvalue weighted by atomic mass is 16.4. The van der Waals surface area contributed by atoms with E-state index in [1.54, 1.807) is 0 Å². The molecule has 5 heteroatoms. The quantitative estimate of drug-likeness (QED) is 0.478. The molecule has 0 aromatic rings. The van der Waals surface area contributed by atoms with Crippen LogP contribution in [-0.2, 0) is 9.59 Å². The maximum atomic E-state index is 10.9. The fourth-order valence-electron chi connectivity index (χ4n) is 1.47. The smallest absolute Gasteiger partial charge is 0.321 e. The van der Waals surface area contributed by atoms with Gasteiger partial charge in [0, 0.05) is 6.54 Å². The van der Waals surface area contributed by atoms with Crippen LogP contribution < -0.4 is 5.32 Å². The maximum Gasteiger partial charge on any atom is 0.321 e. The molecule has 1 heterocycles. The first-order chi connectivity index (χ1) is 5.54. The first kappa shape index (κ1) is 9.15. The van der Waals surface area contributed by atoms with E-state index in [4.69, 9.17) is 5.11 Å². The molecular weight excluding hydrogens is 162 g/mol. The second kappa shape index (κ2) is 3.20. The topological polar surface area (TPSA) is 86.6 Å². The summed E-state index contributed by atoms with van der Waals surface area (Å²) in [7, 11) is 0. The van der Waals surface area contributed by atoms with E-state index in [0.29, 0.717) is 0 Å². The second-order valence-electron chi connectivity index (χ2n) is 2.93. The van der Waals surface area contributed by atoms with Crippen LogP contribution in [0, 0.1) is 5.92 Å². The average molecular weight is 173 g/mol. The van der Waals surface area contributed by atoms with Gasteiger partial charge in [0.05, 0.1) is 12.0 Å². The van der Waals surface area contributed by atoms with Gasteiger partial charge < -0.3 is 15.5 Å². The number of carbonyl (C=O) groups excluding carboxylic acids is 1. The van der Waals surface area contributed by atoms with Crippen LogP contribution in [0.1, 0.15) is 6.92 Å². The van der Waals surface area contributed by atoms with Crippen LogP contribution in [0.2, 0.25) is 0 Å². The molecule has 68 valence electrons. The standard InChI is InChI=1S/C7H11NO4/c1-3(9)5-4(10)2-8-6(5)7(11)12/h4-6,8,10H,2H2,1H3,(H,11,12)/t4-,5+,6+/m0/s1. The predicted octanol–water partition coefficient (Wildman–Crippen LogP) is -1.39. The van der Waals surface area contributed by atoms with E-state index in [2.05, 4.69) is 5.32 Å². The van der Waals surface area contributed by atoms with Crippen molar-refractivity contribution in [2.75, 3.05) is 6.54 Å². The van der Waals surface area contributed by atoms with Crippen molar-refractivity contribution in [3.05, 3.63) is 0 Å². The van der Waals surface area contributed by atoms with Gasteiger partial charge in [-0.15, -0.1) is 0 Å². The van der Waals surface area contributed by atoms with Gasteiger partial charge in [-0.25, -0.2) is 0 Å². The van der Waals surface area contributed by atoms with Gasteiger partial charge in [-0.3, -0.25) is 9.59 Å². The molecule has 0 bridgehead atoms. The van der Waals surface area contributed by atoms with E-state index < -0.39 is 24.0 Å². The minimum absolute atomic E-state index is 0.168. The lowest BCUT2D eigenvalue weighted by Gasteiger charge is -2.13. The fourth-order valence-corrected chi connectivity index (χ4v) is 1.47. The van der Waals surface area contributed by atoms with Crippen LogP contribution in [0.15, 0.2) is 0 Å². The molecule has 1 aliphatic heterocycles. The summed E-state index contributed by atoms with van der Waals surface area (Å²) in [5.74, 6) is -2.19. The third-order valence-electron chi connectivity index (χ3n) is 2.06. The van der Waals surface area contributed by atoms with Crippen molar-refractivity contribution < 1.29 is 19.8 Å². The Kier molecular flexibility index (Phi) is 2.44. The molecular formula is C7H11NO4. The molecule has 0 aromatic heterocycles. The molecule has 0 amide bonds. The molecule has 3 atom stereocenters. The van der Waals surface area contributed by atoms with Crippen molar-refractivity contribution in [1.82, 2.24) is 5.32 Å². The largest absolute Gasteiger partial charge is 0.480 e. The highest BCUT2D eigenvalue weighted by Gasteiger charge is 2.41. The lowest BCUT2D eigenvalue weighted by atomic mass is 9.95. The summed E-state index contributed by atoms with van der Waals surface area (Å²) in [6.07, 6.45) is -0.872. The zero-order valence-electron chi connectivity index (χ0n) is 6.65. The molecule has 1 saturated heterocycles. The molecule has 1 fully saturated rings. The molecule has 1 aliphatic rings. The molecule has 5 nitrogen and oxygen atoms in total. The Morgan fingerprint density at radius 1 is 1.50 bits per heavy atom. The zero-order valence-corrected chi connectivity index (χ0v) is 6.65. The summed E-state index contributed by atoms with van der Waals surface area (Å²) in [6.45, 7) is 1.46. The average Bonchev–Trinajstić information content (AvgIpc) is 2.30. The van der Waals surface area contributed by atoms with Crippen molar-refractivity contribution in [2.24, 2.45) is 5.92 Å². The van der Waals surface area contributed by atoms with Crippen molar-refractivity contribution in [1.29, 1.82) is 0 Å². The van der Waals surface area contributed by atoms with Crippen molar-refractivity contribution in [2.45, 2.75) is 19.1 Å². The number of nitrogens with one attached hydrogen (secondary N) is 1. The lowest BCUT2D eigenvalue weighted by Crippen LogP contribution is -2.39. The Balaban J connectivity index is 2.77. The van der Waals surface area contributed by atoms with Gasteiger partial charge in [0.15, 0.2) is 0 Å². The van der Waals surface area contributed by atoms with Crippen molar-refractivity contribution >= 4 is 11.8 Å². The number of ketones is 1. The zero-order chi connectivity index (χ0) is 9.30. The molecule has 0 unspecified atom stereocenters. The number of carbonyl (C=O) groups is 2. The summed E-state index contributed by atoms with van der Waals surface area (Å²) in [6, 6.07) is -0.933. The monoisotopic (exact) mass is 173 g/mol. The van der Waals surface area contributed by atoms with Gasteiger partial charge in [0.25, 0.3) is 0 Å². The van der Waals surface area contributed by atoms with Crippen LogP contribution in [0.5, 0.6) is 0 Å². The maximum absolute atomic E-state index is 10.9. The summed E-state index contributed by atoms with van der Waals surface area (Å²) in [5, 5.41) is 20.4. The SMILES string of the molecule is CC(=O)[C@@H]1[C@@H](O)CN[C@H]1C(=O)O. The van der Waals surface area contributed by atoms with E-state index in [0.717, 1.165) is 0 Å². The third-order valence-corrected chi connectivity index (χ3v) is 2.06. The summed E-state index contributed by atoms with van der Waals surface area (Å²) < 4.78 is 0. The number of aliphatic hydroxyl groups is 1. The minimum atomic E-state index is -1.09. The molecule has 0 saturated carbocycles. The highest BCUT2D eigenvalue weighted by molar-refractivity contribution is 5.87. The molecule has 3 N–H and O–H groups in total. The number of rotatable bonds is 2. The fraction of sp³-hybridized carbons (Fsp3) is 0.714. The minimum Gasteiger partial charge on any atom is -0.480 e. The Morgan fingerprint density at radius 3 is 2.42 bits per heavy atom. The third kappa shape index (κ3) is 1.46. The first-order valence-corrected chi connectivity index (χ1v) is 3.68. The molecule has 0 aromatic carbocycles. The Labute approximate surface area is 69.4 Å². The number of Topliss-reactive ketones (excluding diaryl/α,β-unsaturated/α-hetero) is 1. The number of aliphatic carboxylic acids is 1. The van der Waals surface area contributed by atoms with Gasteiger partial charge in [-0.1, -0.05) is 0 Å². The van der Waals surface area contributed by atoms with E-state index in [-0.39, 0.29) is 12.3 Å². The van der Waals surface area contributed by atoms with E-state index >= 15 is 0 Å². The Bertz CT molecular complexity index is 215. The van der Waals surface area contributed by atoms with Gasteiger partial charge in [-0.05, 0) is 6.92 Å². The Morgan fingerprint density at radius 2 is 2.08 bits per heavy atom. The first-order valence-electron chi connectivity index (χ1n) is 3.68. The number of hydrogen-bond donors (Lipinski definition) is 3. The number of carboxylic acid groups (broad SMARTS) is 1. The summed E-state index contributed by atoms with van der Waals surface area (Å²) in [5.41, 5.74) is 0. The molecule has 1 rings (SSSR count). The second-order valence-corrected chi connectivity index (χ2v) is 2.93. The van der Waals surface area contributed by atoms with Gasteiger partial charge >= 0.3 is 5.97 Å². The number of hydrogen-bond acceptors (Lipinski definition) is 4. The lowest BCUT2D eigenvalue weighted by molar-refractivity contribution is -0.143. The molecule has 0 radical (unpaired) electrons. The number of carboxylic acids is 1. The number of aliphatic hydroxyl groups excluding tert-OH is 1. The van der Waals surface area contributed by atoms with Crippen molar-refractivity contribution in [3.8, 4) is 0 Å². The van der Waals surface area contributed by atoms with E-state index in [9.17, 15) is 14.7 Å².